The highest BCUT2D eigenvalue weighted by Crippen LogP contribution is 2.42. The Hall–Kier alpha value is -2.86. The van der Waals surface area contributed by atoms with Crippen LogP contribution >= 0.6 is 0 Å². The molecule has 0 heterocycles. The summed E-state index contributed by atoms with van der Waals surface area (Å²) in [5.74, 6) is 0.597. The molecule has 26 heavy (non-hydrogen) atoms. The lowest BCUT2D eigenvalue weighted by atomic mass is 9.89. The minimum atomic E-state index is 0.597. The SMILES string of the molecule is CC(C)C1=Cc2c(cccc2-c2c3ccccc3cc3ccccc23)C1. The second kappa shape index (κ2) is 5.85. The molecular formula is C26H22. The first-order chi connectivity index (χ1) is 12.7. The summed E-state index contributed by atoms with van der Waals surface area (Å²) in [7, 11) is 0. The predicted molar refractivity (Wildman–Crippen MR) is 113 cm³/mol. The molecule has 0 N–H and O–H groups in total. The van der Waals surface area contributed by atoms with Gasteiger partial charge in [0.25, 0.3) is 0 Å². The average Bonchev–Trinajstić information content (AvgIpc) is 3.11. The molecule has 0 atom stereocenters. The molecule has 1 aliphatic rings. The van der Waals surface area contributed by atoms with Crippen molar-refractivity contribution in [3.8, 4) is 11.1 Å². The second-order valence-corrected chi connectivity index (χ2v) is 7.62. The zero-order chi connectivity index (χ0) is 17.7. The van der Waals surface area contributed by atoms with Crippen LogP contribution in [0, 0.1) is 5.92 Å². The van der Waals surface area contributed by atoms with E-state index in [4.69, 9.17) is 0 Å². The minimum Gasteiger partial charge on any atom is -0.0626 e. The first-order valence-corrected chi connectivity index (χ1v) is 9.45. The van der Waals surface area contributed by atoms with Crippen molar-refractivity contribution in [1.29, 1.82) is 0 Å². The first kappa shape index (κ1) is 15.4. The van der Waals surface area contributed by atoms with Crippen molar-refractivity contribution in [2.45, 2.75) is 20.3 Å². The number of hydrogen-bond donors (Lipinski definition) is 0. The van der Waals surface area contributed by atoms with Crippen LogP contribution in [-0.2, 0) is 6.42 Å². The highest BCUT2D eigenvalue weighted by atomic mass is 14.2. The first-order valence-electron chi connectivity index (χ1n) is 9.45. The van der Waals surface area contributed by atoms with E-state index in [0.717, 1.165) is 6.42 Å². The van der Waals surface area contributed by atoms with E-state index in [9.17, 15) is 0 Å². The monoisotopic (exact) mass is 334 g/mol. The topological polar surface area (TPSA) is 0 Å². The summed E-state index contributed by atoms with van der Waals surface area (Å²) in [6, 6.07) is 26.7. The Morgan fingerprint density at radius 3 is 2.04 bits per heavy atom. The van der Waals surface area contributed by atoms with Gasteiger partial charge in [-0.3, -0.25) is 0 Å². The highest BCUT2D eigenvalue weighted by Gasteiger charge is 2.20. The molecule has 0 bridgehead atoms. The quantitative estimate of drug-likeness (QED) is 0.338. The van der Waals surface area contributed by atoms with E-state index in [0.29, 0.717) is 5.92 Å². The predicted octanol–water partition coefficient (Wildman–Crippen LogP) is 7.26. The van der Waals surface area contributed by atoms with E-state index in [1.54, 1.807) is 0 Å². The second-order valence-electron chi connectivity index (χ2n) is 7.62. The molecule has 5 rings (SSSR count). The molecule has 0 saturated heterocycles. The highest BCUT2D eigenvalue weighted by molar-refractivity contribution is 6.13. The van der Waals surface area contributed by atoms with Crippen LogP contribution in [0.3, 0.4) is 0 Å². The third kappa shape index (κ3) is 2.29. The van der Waals surface area contributed by atoms with Crippen molar-refractivity contribution < 1.29 is 0 Å². The number of allylic oxidation sites excluding steroid dienone is 1. The maximum atomic E-state index is 2.44. The third-order valence-electron chi connectivity index (χ3n) is 5.70. The van der Waals surface area contributed by atoms with Crippen molar-refractivity contribution in [3.63, 3.8) is 0 Å². The summed E-state index contributed by atoms with van der Waals surface area (Å²) in [5, 5.41) is 5.30. The van der Waals surface area contributed by atoms with Crippen LogP contribution in [0.4, 0.5) is 0 Å². The van der Waals surface area contributed by atoms with Gasteiger partial charge in [0.2, 0.25) is 0 Å². The molecule has 0 saturated carbocycles. The van der Waals surface area contributed by atoms with Gasteiger partial charge in [0.05, 0.1) is 0 Å². The Labute approximate surface area is 154 Å². The van der Waals surface area contributed by atoms with Gasteiger partial charge in [0.15, 0.2) is 0 Å². The van der Waals surface area contributed by atoms with Crippen molar-refractivity contribution in [3.05, 3.63) is 89.5 Å². The summed E-state index contributed by atoms with van der Waals surface area (Å²) < 4.78 is 0. The van der Waals surface area contributed by atoms with Gasteiger partial charge >= 0.3 is 0 Å². The molecule has 4 aromatic carbocycles. The molecular weight excluding hydrogens is 312 g/mol. The van der Waals surface area contributed by atoms with Crippen molar-refractivity contribution in [2.75, 3.05) is 0 Å². The number of rotatable bonds is 2. The van der Waals surface area contributed by atoms with E-state index >= 15 is 0 Å². The molecule has 0 radical (unpaired) electrons. The standard InChI is InChI=1S/C26H22/c1-17(2)21-15-20-10-7-13-24(25(20)16-21)26-22-11-5-3-8-18(22)14-19-9-4-6-12-23(19)26/h3-14,16-17H,15H2,1-2H3. The summed E-state index contributed by atoms with van der Waals surface area (Å²) >= 11 is 0. The molecule has 1 aliphatic carbocycles. The van der Waals surface area contributed by atoms with E-state index < -0.39 is 0 Å². The summed E-state index contributed by atoms with van der Waals surface area (Å²) in [5.41, 5.74) is 7.15. The smallest absolute Gasteiger partial charge is 0.00207 e. The lowest BCUT2D eigenvalue weighted by Crippen LogP contribution is -1.93. The molecule has 0 fully saturated rings. The van der Waals surface area contributed by atoms with Gasteiger partial charge in [0.1, 0.15) is 0 Å². The normalized spacial score (nSPS) is 13.4. The van der Waals surface area contributed by atoms with Gasteiger partial charge < -0.3 is 0 Å². The Morgan fingerprint density at radius 2 is 1.38 bits per heavy atom. The maximum absolute atomic E-state index is 2.44. The fourth-order valence-electron chi connectivity index (χ4n) is 4.29. The van der Waals surface area contributed by atoms with Gasteiger partial charge in [-0.05, 0) is 62.2 Å². The van der Waals surface area contributed by atoms with Crippen LogP contribution < -0.4 is 0 Å². The van der Waals surface area contributed by atoms with Crippen LogP contribution in [0.5, 0.6) is 0 Å². The molecule has 0 spiro atoms. The lowest BCUT2D eigenvalue weighted by Gasteiger charge is -2.15. The minimum absolute atomic E-state index is 0.597. The van der Waals surface area contributed by atoms with Crippen LogP contribution in [0.15, 0.2) is 78.4 Å². The van der Waals surface area contributed by atoms with Gasteiger partial charge in [0, 0.05) is 0 Å². The summed E-state index contributed by atoms with van der Waals surface area (Å²) in [6.45, 7) is 4.59. The van der Waals surface area contributed by atoms with Crippen LogP contribution in [0.25, 0.3) is 38.7 Å². The fourth-order valence-corrected chi connectivity index (χ4v) is 4.29. The number of fused-ring (bicyclic) bond motifs is 3. The van der Waals surface area contributed by atoms with Gasteiger partial charge in [-0.1, -0.05) is 92.2 Å². The molecule has 0 nitrogen and oxygen atoms in total. The van der Waals surface area contributed by atoms with Gasteiger partial charge in [-0.15, -0.1) is 0 Å². The van der Waals surface area contributed by atoms with Crippen LogP contribution in [-0.4, -0.2) is 0 Å². The molecule has 4 aromatic rings. The van der Waals surface area contributed by atoms with Crippen molar-refractivity contribution in [1.82, 2.24) is 0 Å². The van der Waals surface area contributed by atoms with Crippen molar-refractivity contribution in [2.24, 2.45) is 5.92 Å². The largest absolute Gasteiger partial charge is 0.0626 e. The molecule has 0 aliphatic heterocycles. The van der Waals surface area contributed by atoms with Gasteiger partial charge in [-0.2, -0.15) is 0 Å². The average molecular weight is 334 g/mol. The Morgan fingerprint density at radius 1 is 0.731 bits per heavy atom. The maximum Gasteiger partial charge on any atom is -0.00207 e. The zero-order valence-electron chi connectivity index (χ0n) is 15.3. The van der Waals surface area contributed by atoms with Crippen molar-refractivity contribution >= 4 is 27.6 Å². The number of hydrogen-bond acceptors (Lipinski definition) is 0. The van der Waals surface area contributed by atoms with E-state index in [2.05, 4.69) is 92.7 Å². The zero-order valence-corrected chi connectivity index (χ0v) is 15.3. The molecule has 126 valence electrons. The lowest BCUT2D eigenvalue weighted by molar-refractivity contribution is 0.754. The Bertz CT molecular complexity index is 1120. The fraction of sp³-hybridized carbons (Fsp3) is 0.154. The third-order valence-corrected chi connectivity index (χ3v) is 5.70. The van der Waals surface area contributed by atoms with Crippen LogP contribution in [0.1, 0.15) is 25.0 Å². The molecule has 0 heteroatoms. The van der Waals surface area contributed by atoms with E-state index in [1.807, 2.05) is 0 Å². The Kier molecular flexibility index (Phi) is 3.46. The van der Waals surface area contributed by atoms with Gasteiger partial charge in [-0.25, -0.2) is 0 Å². The molecule has 0 aromatic heterocycles. The summed E-state index contributed by atoms with van der Waals surface area (Å²) in [6.07, 6.45) is 3.52. The van der Waals surface area contributed by atoms with Crippen LogP contribution in [0.2, 0.25) is 0 Å². The summed E-state index contributed by atoms with van der Waals surface area (Å²) in [4.78, 5) is 0. The number of benzene rings is 4. The molecule has 0 amide bonds. The Balaban J connectivity index is 1.90. The van der Waals surface area contributed by atoms with E-state index in [-0.39, 0.29) is 0 Å². The van der Waals surface area contributed by atoms with E-state index in [1.165, 1.54) is 49.4 Å². The molecule has 0 unspecified atom stereocenters.